The molecule has 3 aromatic rings. The highest BCUT2D eigenvalue weighted by Gasteiger charge is 2.26. The van der Waals surface area contributed by atoms with Crippen molar-refractivity contribution in [2.24, 2.45) is 0 Å². The summed E-state index contributed by atoms with van der Waals surface area (Å²) in [7, 11) is 0. The third-order valence-electron chi connectivity index (χ3n) is 7.04. The van der Waals surface area contributed by atoms with E-state index in [4.69, 9.17) is 4.98 Å². The molecule has 0 radical (unpaired) electrons. The Balaban J connectivity index is 1.28. The summed E-state index contributed by atoms with van der Waals surface area (Å²) < 4.78 is 1.70. The lowest BCUT2D eigenvalue weighted by molar-refractivity contribution is -0.115. The van der Waals surface area contributed by atoms with Crippen LogP contribution in [-0.4, -0.2) is 69.1 Å². The number of carbonyl (C=O) groups excluding carboxylic acids is 3. The first-order valence-electron chi connectivity index (χ1n) is 13.1. The van der Waals surface area contributed by atoms with Gasteiger partial charge < -0.3 is 20.9 Å². The van der Waals surface area contributed by atoms with E-state index in [1.54, 1.807) is 16.8 Å². The molecule has 2 aliphatic heterocycles. The summed E-state index contributed by atoms with van der Waals surface area (Å²) in [4.78, 5) is 45.4. The van der Waals surface area contributed by atoms with Gasteiger partial charge in [0.25, 0.3) is 11.8 Å². The normalized spacial score (nSPS) is 19.7. The predicted molar refractivity (Wildman–Crippen MR) is 145 cm³/mol. The van der Waals surface area contributed by atoms with Crippen LogP contribution in [0.15, 0.2) is 30.1 Å². The maximum atomic E-state index is 13.1. The van der Waals surface area contributed by atoms with Crippen LogP contribution in [0.5, 0.6) is 0 Å². The molecule has 4 N–H and O–H groups in total. The second-order valence-electron chi connectivity index (χ2n) is 10.00. The van der Waals surface area contributed by atoms with Crippen molar-refractivity contribution in [2.75, 3.05) is 25.0 Å². The van der Waals surface area contributed by atoms with Crippen LogP contribution in [-0.2, 0) is 4.79 Å². The van der Waals surface area contributed by atoms with Crippen molar-refractivity contribution in [1.82, 2.24) is 35.4 Å². The number of amides is 4. The third-order valence-corrected chi connectivity index (χ3v) is 8.14. The quantitative estimate of drug-likeness (QED) is 0.245. The number of nitrogens with one attached hydrogen (secondary N) is 4. The van der Waals surface area contributed by atoms with E-state index < -0.39 is 11.9 Å². The molecule has 12 heteroatoms. The zero-order valence-electron chi connectivity index (χ0n) is 21.1. The minimum absolute atomic E-state index is 0.0672. The summed E-state index contributed by atoms with van der Waals surface area (Å²) in [6.07, 6.45) is 8.70. The average Bonchev–Trinajstić information content (AvgIpc) is 3.32. The van der Waals surface area contributed by atoms with Crippen molar-refractivity contribution in [2.45, 2.75) is 51.1 Å². The summed E-state index contributed by atoms with van der Waals surface area (Å²) >= 11 is 1.40. The molecule has 3 aromatic heterocycles. The third kappa shape index (κ3) is 5.14. The number of hydrogen-bond donors (Lipinski definition) is 4. The second kappa shape index (κ2) is 10.2. The van der Waals surface area contributed by atoms with Crippen LogP contribution in [0.4, 0.5) is 10.6 Å². The molecule has 4 amide bonds. The fourth-order valence-electron chi connectivity index (χ4n) is 4.79. The highest BCUT2D eigenvalue weighted by atomic mass is 32.1. The Morgan fingerprint density at radius 3 is 2.76 bits per heavy atom. The topological polar surface area (TPSA) is 133 Å². The summed E-state index contributed by atoms with van der Waals surface area (Å²) in [5.74, 6) is 0.224. The van der Waals surface area contributed by atoms with Crippen molar-refractivity contribution in [3.8, 4) is 10.6 Å². The van der Waals surface area contributed by atoms with E-state index in [1.165, 1.54) is 24.2 Å². The number of urea groups is 1. The molecule has 0 aromatic carbocycles. The van der Waals surface area contributed by atoms with Crippen molar-refractivity contribution >= 4 is 46.7 Å². The van der Waals surface area contributed by atoms with Gasteiger partial charge in [-0.1, -0.05) is 6.92 Å². The molecule has 3 aliphatic rings. The van der Waals surface area contributed by atoms with Crippen molar-refractivity contribution in [3.63, 3.8) is 0 Å². The molecular weight excluding hydrogens is 504 g/mol. The lowest BCUT2D eigenvalue weighted by Crippen LogP contribution is -2.42. The molecule has 1 aliphatic carbocycles. The van der Waals surface area contributed by atoms with Gasteiger partial charge in [0.1, 0.15) is 11.5 Å². The number of aromatic nitrogens is 3. The highest BCUT2D eigenvalue weighted by molar-refractivity contribution is 7.17. The van der Waals surface area contributed by atoms with Crippen molar-refractivity contribution < 1.29 is 14.4 Å². The van der Waals surface area contributed by atoms with Crippen LogP contribution in [0.1, 0.15) is 54.3 Å². The van der Waals surface area contributed by atoms with E-state index in [1.807, 2.05) is 18.2 Å². The van der Waals surface area contributed by atoms with Gasteiger partial charge in [-0.25, -0.2) is 9.78 Å². The molecule has 1 saturated carbocycles. The largest absolute Gasteiger partial charge is 0.367 e. The summed E-state index contributed by atoms with van der Waals surface area (Å²) in [6.45, 7) is 5.19. The summed E-state index contributed by atoms with van der Waals surface area (Å²) in [6, 6.07) is 5.64. The van der Waals surface area contributed by atoms with Crippen molar-refractivity contribution in [1.29, 1.82) is 0 Å². The van der Waals surface area contributed by atoms with Crippen LogP contribution in [0, 0.1) is 0 Å². The van der Waals surface area contributed by atoms with Crippen LogP contribution in [0.25, 0.3) is 22.3 Å². The minimum Gasteiger partial charge on any atom is -0.367 e. The van der Waals surface area contributed by atoms with Gasteiger partial charge in [0.05, 0.1) is 21.6 Å². The molecule has 11 nitrogen and oxygen atoms in total. The Morgan fingerprint density at radius 1 is 1.24 bits per heavy atom. The Kier molecular flexibility index (Phi) is 6.58. The van der Waals surface area contributed by atoms with Gasteiger partial charge in [-0.05, 0) is 63.4 Å². The van der Waals surface area contributed by atoms with Crippen LogP contribution in [0.3, 0.4) is 0 Å². The number of likely N-dealkylation sites (tertiary alicyclic amines) is 1. The zero-order valence-corrected chi connectivity index (χ0v) is 21.9. The molecular formula is C26H30N8O3S. The van der Waals surface area contributed by atoms with Gasteiger partial charge in [-0.2, -0.15) is 9.61 Å². The van der Waals surface area contributed by atoms with E-state index in [0.29, 0.717) is 27.8 Å². The number of anilines is 1. The molecule has 1 atom stereocenters. The Bertz CT molecular complexity index is 1430. The number of thiophene rings is 1. The lowest BCUT2D eigenvalue weighted by atomic mass is 10.2. The van der Waals surface area contributed by atoms with Crippen LogP contribution >= 0.6 is 11.3 Å². The standard InChI is InChI=1S/C26H30N8O3S/c1-2-16(14-33-9-3-4-10-33)29-25(36)21-8-7-20(38-21)18-12-22(28-17-5-6-17)34-23(30-18)15(13-27-34)11-19-24(35)32-26(37)31-19/h7-8,11-13,16-17,28H,2-6,9-10,14H2,1H3,(H,29,36)(H2,31,32,35,37)/b19-11-. The van der Waals surface area contributed by atoms with Gasteiger partial charge in [-0.3, -0.25) is 14.9 Å². The summed E-state index contributed by atoms with van der Waals surface area (Å²) in [5, 5.41) is 15.9. The predicted octanol–water partition coefficient (Wildman–Crippen LogP) is 2.82. The smallest absolute Gasteiger partial charge is 0.326 e. The number of imide groups is 1. The van der Waals surface area contributed by atoms with Gasteiger partial charge >= 0.3 is 6.03 Å². The van der Waals surface area contributed by atoms with Gasteiger partial charge in [-0.15, -0.1) is 11.3 Å². The Morgan fingerprint density at radius 2 is 2.05 bits per heavy atom. The molecule has 6 rings (SSSR count). The average molecular weight is 535 g/mol. The van der Waals surface area contributed by atoms with E-state index >= 15 is 0 Å². The monoisotopic (exact) mass is 534 g/mol. The lowest BCUT2D eigenvalue weighted by Gasteiger charge is -2.23. The summed E-state index contributed by atoms with van der Waals surface area (Å²) in [5.41, 5.74) is 1.99. The molecule has 38 heavy (non-hydrogen) atoms. The SMILES string of the molecule is CCC(CN1CCCC1)NC(=O)c1ccc(-c2cc(NC3CC3)n3ncc(/C=C4\NC(=O)NC4=O)c3n2)s1. The van der Waals surface area contributed by atoms with Gasteiger partial charge in [0, 0.05) is 30.3 Å². The van der Waals surface area contributed by atoms with Gasteiger partial charge in [0.2, 0.25) is 0 Å². The van der Waals surface area contributed by atoms with E-state index in [0.717, 1.165) is 49.6 Å². The second-order valence-corrected chi connectivity index (χ2v) is 11.1. The Labute approximate surface area is 223 Å². The first kappa shape index (κ1) is 24.6. The number of rotatable bonds is 9. The first-order valence-corrected chi connectivity index (χ1v) is 13.9. The number of carbonyl (C=O) groups is 3. The maximum absolute atomic E-state index is 13.1. The number of fused-ring (bicyclic) bond motifs is 1. The van der Waals surface area contributed by atoms with Crippen molar-refractivity contribution in [3.05, 3.63) is 40.5 Å². The molecule has 5 heterocycles. The molecule has 0 bridgehead atoms. The van der Waals surface area contributed by atoms with E-state index in [-0.39, 0.29) is 17.6 Å². The number of hydrogen-bond acceptors (Lipinski definition) is 8. The molecule has 0 spiro atoms. The highest BCUT2D eigenvalue weighted by Crippen LogP contribution is 2.32. The maximum Gasteiger partial charge on any atom is 0.326 e. The minimum atomic E-state index is -0.558. The van der Waals surface area contributed by atoms with Gasteiger partial charge in [0.15, 0.2) is 5.65 Å². The molecule has 1 unspecified atom stereocenters. The fourth-order valence-corrected chi connectivity index (χ4v) is 5.66. The first-order chi connectivity index (χ1) is 18.5. The van der Waals surface area contributed by atoms with Crippen LogP contribution < -0.4 is 21.3 Å². The van der Waals surface area contributed by atoms with Crippen LogP contribution in [0.2, 0.25) is 0 Å². The number of nitrogens with zero attached hydrogens (tertiary/aromatic N) is 4. The molecule has 198 valence electrons. The Hall–Kier alpha value is -3.77. The fraction of sp³-hybridized carbons (Fsp3) is 0.423. The van der Waals surface area contributed by atoms with E-state index in [2.05, 4.69) is 38.2 Å². The molecule has 2 saturated heterocycles. The zero-order chi connectivity index (χ0) is 26.2. The molecule has 3 fully saturated rings. The van der Waals surface area contributed by atoms with E-state index in [9.17, 15) is 14.4 Å².